The van der Waals surface area contributed by atoms with Crippen molar-refractivity contribution in [2.24, 2.45) is 0 Å². The molecule has 1 atom stereocenters. The summed E-state index contributed by atoms with van der Waals surface area (Å²) >= 11 is 1.57. The fourth-order valence-electron chi connectivity index (χ4n) is 3.07. The molecule has 1 fully saturated rings. The van der Waals surface area contributed by atoms with Gasteiger partial charge in [0, 0.05) is 17.5 Å². The molecule has 120 valence electrons. The molecule has 4 heteroatoms. The van der Waals surface area contributed by atoms with Gasteiger partial charge in [0.2, 0.25) is 0 Å². The normalized spacial score (nSPS) is 17.3. The number of H-pyrrole nitrogens is 1. The van der Waals surface area contributed by atoms with E-state index in [-0.39, 0.29) is 5.25 Å². The number of carbonyl (C=O) groups excluding carboxylic acids is 1. The van der Waals surface area contributed by atoms with Crippen molar-refractivity contribution in [1.82, 2.24) is 9.97 Å². The maximum Gasteiger partial charge on any atom is 0.167 e. The van der Waals surface area contributed by atoms with Gasteiger partial charge in [-0.3, -0.25) is 4.79 Å². The highest BCUT2D eigenvalue weighted by atomic mass is 32.2. The topological polar surface area (TPSA) is 45.8 Å². The second kappa shape index (κ2) is 6.65. The number of benzene rings is 2. The third kappa shape index (κ3) is 3.02. The van der Waals surface area contributed by atoms with Gasteiger partial charge >= 0.3 is 0 Å². The second-order valence-corrected chi connectivity index (χ2v) is 7.15. The van der Waals surface area contributed by atoms with E-state index >= 15 is 0 Å². The molecule has 1 aromatic heterocycles. The summed E-state index contributed by atoms with van der Waals surface area (Å²) in [7, 11) is 0. The first kappa shape index (κ1) is 15.2. The maximum absolute atomic E-state index is 11.9. The molecular weight excluding hydrogens is 316 g/mol. The molecular formula is C20H18N2OS. The lowest BCUT2D eigenvalue weighted by atomic mass is 10.1. The van der Waals surface area contributed by atoms with Crippen molar-refractivity contribution >= 4 is 17.5 Å². The standard InChI is InChI=1S/C20H18N2OS/c23-16-12-7-13-17(16)24-20-21-18(14-8-3-1-4-9-14)19(22-20)15-10-5-2-6-11-15/h1-6,8-11,17H,7,12-13H2,(H,21,22). The lowest BCUT2D eigenvalue weighted by Gasteiger charge is -2.03. The molecule has 1 aliphatic rings. The molecule has 0 saturated heterocycles. The Morgan fingerprint density at radius 2 is 1.62 bits per heavy atom. The minimum atomic E-state index is 0.0448. The number of ketones is 1. The number of carbonyl (C=O) groups is 1. The summed E-state index contributed by atoms with van der Waals surface area (Å²) in [5.74, 6) is 0.346. The lowest BCUT2D eigenvalue weighted by molar-refractivity contribution is -0.116. The summed E-state index contributed by atoms with van der Waals surface area (Å²) in [5, 5.41) is 0.872. The molecule has 0 aliphatic heterocycles. The number of thioether (sulfide) groups is 1. The predicted octanol–water partition coefficient (Wildman–Crippen LogP) is 4.96. The van der Waals surface area contributed by atoms with Crippen LogP contribution in [0.2, 0.25) is 0 Å². The first-order chi connectivity index (χ1) is 11.8. The summed E-state index contributed by atoms with van der Waals surface area (Å²) < 4.78 is 0. The molecule has 4 rings (SSSR count). The minimum Gasteiger partial charge on any atom is -0.332 e. The SMILES string of the molecule is O=C1CCCC1Sc1nc(-c2ccccc2)c(-c2ccccc2)[nH]1. The highest BCUT2D eigenvalue weighted by Gasteiger charge is 2.27. The van der Waals surface area contributed by atoms with Crippen LogP contribution < -0.4 is 0 Å². The molecule has 0 radical (unpaired) electrons. The molecule has 1 saturated carbocycles. The number of nitrogens with one attached hydrogen (secondary N) is 1. The Morgan fingerprint density at radius 3 is 2.25 bits per heavy atom. The average Bonchev–Trinajstić information content (AvgIpc) is 3.24. The third-order valence-electron chi connectivity index (χ3n) is 4.29. The van der Waals surface area contributed by atoms with Crippen molar-refractivity contribution in [3.05, 3.63) is 60.7 Å². The average molecular weight is 334 g/mol. The van der Waals surface area contributed by atoms with E-state index in [1.54, 1.807) is 11.8 Å². The van der Waals surface area contributed by atoms with Gasteiger partial charge in [0.05, 0.1) is 16.6 Å². The van der Waals surface area contributed by atoms with Crippen molar-refractivity contribution in [2.75, 3.05) is 0 Å². The summed E-state index contributed by atoms with van der Waals surface area (Å²) in [4.78, 5) is 20.2. The van der Waals surface area contributed by atoms with Crippen LogP contribution in [-0.4, -0.2) is 21.0 Å². The number of aromatic nitrogens is 2. The van der Waals surface area contributed by atoms with E-state index in [0.717, 1.165) is 40.5 Å². The number of rotatable bonds is 4. The molecule has 1 N–H and O–H groups in total. The Kier molecular flexibility index (Phi) is 4.22. The molecule has 1 aliphatic carbocycles. The Morgan fingerprint density at radius 1 is 0.958 bits per heavy atom. The first-order valence-electron chi connectivity index (χ1n) is 8.21. The van der Waals surface area contributed by atoms with Gasteiger partial charge in [-0.15, -0.1) is 0 Å². The van der Waals surface area contributed by atoms with E-state index in [1.165, 1.54) is 0 Å². The zero-order valence-corrected chi connectivity index (χ0v) is 14.1. The van der Waals surface area contributed by atoms with Crippen LogP contribution >= 0.6 is 11.8 Å². The van der Waals surface area contributed by atoms with Gasteiger partial charge in [-0.1, -0.05) is 72.4 Å². The molecule has 0 spiro atoms. The fourth-order valence-corrected chi connectivity index (χ4v) is 4.18. The number of hydrogen-bond donors (Lipinski definition) is 1. The quantitative estimate of drug-likeness (QED) is 0.733. The van der Waals surface area contributed by atoms with Crippen LogP contribution in [0.4, 0.5) is 0 Å². The zero-order chi connectivity index (χ0) is 16.4. The van der Waals surface area contributed by atoms with Gasteiger partial charge in [0.15, 0.2) is 5.16 Å². The second-order valence-electron chi connectivity index (χ2n) is 5.96. The zero-order valence-electron chi connectivity index (χ0n) is 13.2. The Balaban J connectivity index is 1.75. The van der Waals surface area contributed by atoms with E-state index in [0.29, 0.717) is 12.2 Å². The molecule has 1 heterocycles. The van der Waals surface area contributed by atoms with Gasteiger partial charge in [-0.05, 0) is 12.8 Å². The van der Waals surface area contributed by atoms with E-state index in [4.69, 9.17) is 4.98 Å². The van der Waals surface area contributed by atoms with Crippen molar-refractivity contribution in [2.45, 2.75) is 29.7 Å². The van der Waals surface area contributed by atoms with Gasteiger partial charge in [0.1, 0.15) is 5.78 Å². The number of imidazole rings is 1. The van der Waals surface area contributed by atoms with Crippen LogP contribution in [0.3, 0.4) is 0 Å². The highest BCUT2D eigenvalue weighted by Crippen LogP contribution is 2.36. The van der Waals surface area contributed by atoms with E-state index in [2.05, 4.69) is 29.2 Å². The van der Waals surface area contributed by atoms with Crippen LogP contribution in [0.1, 0.15) is 19.3 Å². The monoisotopic (exact) mass is 334 g/mol. The van der Waals surface area contributed by atoms with E-state index < -0.39 is 0 Å². The molecule has 0 bridgehead atoms. The first-order valence-corrected chi connectivity index (χ1v) is 9.09. The van der Waals surface area contributed by atoms with Gasteiger partial charge in [-0.25, -0.2) is 4.98 Å². The molecule has 0 amide bonds. The predicted molar refractivity (Wildman–Crippen MR) is 98.0 cm³/mol. The van der Waals surface area contributed by atoms with Crippen LogP contribution in [0.25, 0.3) is 22.5 Å². The van der Waals surface area contributed by atoms with Crippen molar-refractivity contribution < 1.29 is 4.79 Å². The van der Waals surface area contributed by atoms with Crippen LogP contribution in [0.15, 0.2) is 65.8 Å². The Bertz CT molecular complexity index is 786. The molecule has 3 nitrogen and oxygen atoms in total. The van der Waals surface area contributed by atoms with Gasteiger partial charge < -0.3 is 4.98 Å². The number of Topliss-reactive ketones (excluding diaryl/α,β-unsaturated/α-hetero) is 1. The summed E-state index contributed by atoms with van der Waals surface area (Å²) in [6.07, 6.45) is 2.65. The van der Waals surface area contributed by atoms with Crippen LogP contribution in [-0.2, 0) is 4.79 Å². The molecule has 24 heavy (non-hydrogen) atoms. The largest absolute Gasteiger partial charge is 0.332 e. The van der Waals surface area contributed by atoms with Crippen molar-refractivity contribution in [3.8, 4) is 22.5 Å². The van der Waals surface area contributed by atoms with Crippen molar-refractivity contribution in [3.63, 3.8) is 0 Å². The highest BCUT2D eigenvalue weighted by molar-refractivity contribution is 8.00. The Hall–Kier alpha value is -2.33. The molecule has 2 aromatic carbocycles. The minimum absolute atomic E-state index is 0.0448. The van der Waals surface area contributed by atoms with Crippen molar-refractivity contribution in [1.29, 1.82) is 0 Å². The maximum atomic E-state index is 11.9. The molecule has 3 aromatic rings. The smallest absolute Gasteiger partial charge is 0.167 e. The number of nitrogens with zero attached hydrogens (tertiary/aromatic N) is 1. The third-order valence-corrected chi connectivity index (χ3v) is 5.49. The van der Waals surface area contributed by atoms with Gasteiger partial charge in [0.25, 0.3) is 0 Å². The van der Waals surface area contributed by atoms with Crippen LogP contribution in [0.5, 0.6) is 0 Å². The van der Waals surface area contributed by atoms with E-state index in [9.17, 15) is 4.79 Å². The number of hydrogen-bond acceptors (Lipinski definition) is 3. The fraction of sp³-hybridized carbons (Fsp3) is 0.200. The molecule has 1 unspecified atom stereocenters. The number of aromatic amines is 1. The van der Waals surface area contributed by atoms with Crippen LogP contribution in [0, 0.1) is 0 Å². The summed E-state index contributed by atoms with van der Waals surface area (Å²) in [5.41, 5.74) is 4.13. The Labute approximate surface area is 145 Å². The van der Waals surface area contributed by atoms with E-state index in [1.807, 2.05) is 36.4 Å². The summed E-state index contributed by atoms with van der Waals surface area (Å²) in [6.45, 7) is 0. The summed E-state index contributed by atoms with van der Waals surface area (Å²) in [6, 6.07) is 20.4. The van der Waals surface area contributed by atoms with Gasteiger partial charge in [-0.2, -0.15) is 0 Å². The lowest BCUT2D eigenvalue weighted by Crippen LogP contribution is -2.08.